The molecule has 1 atom stereocenters. The summed E-state index contributed by atoms with van der Waals surface area (Å²) in [4.78, 5) is 4.46. The molecule has 2 aromatic heterocycles. The van der Waals surface area contributed by atoms with Crippen molar-refractivity contribution in [1.82, 2.24) is 25.2 Å². The SMILES string of the molecule is CCc1cc(-c2nc(C3CNCCO3)no2)n(CC)n1. The van der Waals surface area contributed by atoms with Crippen molar-refractivity contribution in [3.05, 3.63) is 17.6 Å². The van der Waals surface area contributed by atoms with E-state index in [4.69, 9.17) is 9.26 Å². The zero-order chi connectivity index (χ0) is 13.9. The zero-order valence-electron chi connectivity index (χ0n) is 11.8. The molecule has 0 spiro atoms. The molecule has 3 heterocycles. The molecular formula is C13H19N5O2. The van der Waals surface area contributed by atoms with Gasteiger partial charge in [-0.05, 0) is 19.4 Å². The molecule has 7 nitrogen and oxygen atoms in total. The van der Waals surface area contributed by atoms with Gasteiger partial charge in [-0.15, -0.1) is 0 Å². The minimum absolute atomic E-state index is 0.134. The fourth-order valence-corrected chi connectivity index (χ4v) is 2.26. The molecule has 0 radical (unpaired) electrons. The Bertz CT molecular complexity index is 571. The zero-order valence-corrected chi connectivity index (χ0v) is 11.8. The summed E-state index contributed by atoms with van der Waals surface area (Å²) in [5.74, 6) is 1.09. The van der Waals surface area contributed by atoms with E-state index in [-0.39, 0.29) is 6.10 Å². The Labute approximate surface area is 117 Å². The molecule has 0 bridgehead atoms. The van der Waals surface area contributed by atoms with E-state index in [2.05, 4.69) is 27.5 Å². The number of rotatable bonds is 4. The monoisotopic (exact) mass is 277 g/mol. The predicted molar refractivity (Wildman–Crippen MR) is 72.1 cm³/mol. The number of hydrogen-bond acceptors (Lipinski definition) is 6. The smallest absolute Gasteiger partial charge is 0.276 e. The quantitative estimate of drug-likeness (QED) is 0.904. The van der Waals surface area contributed by atoms with E-state index in [0.29, 0.717) is 24.9 Å². The Kier molecular flexibility index (Phi) is 3.79. The highest BCUT2D eigenvalue weighted by Gasteiger charge is 2.23. The maximum Gasteiger partial charge on any atom is 0.276 e. The van der Waals surface area contributed by atoms with Crippen LogP contribution < -0.4 is 5.32 Å². The average molecular weight is 277 g/mol. The van der Waals surface area contributed by atoms with Crippen LogP contribution in [0.2, 0.25) is 0 Å². The van der Waals surface area contributed by atoms with E-state index < -0.39 is 0 Å². The van der Waals surface area contributed by atoms with Crippen molar-refractivity contribution < 1.29 is 9.26 Å². The lowest BCUT2D eigenvalue weighted by atomic mass is 10.3. The number of aryl methyl sites for hydroxylation is 2. The molecule has 1 unspecified atom stereocenters. The first kappa shape index (κ1) is 13.3. The molecule has 0 aliphatic carbocycles. The molecule has 1 aliphatic rings. The minimum atomic E-state index is -0.134. The number of morpholine rings is 1. The molecule has 2 aromatic rings. The van der Waals surface area contributed by atoms with Gasteiger partial charge in [-0.1, -0.05) is 12.1 Å². The Morgan fingerprint density at radius 1 is 1.45 bits per heavy atom. The third-order valence-corrected chi connectivity index (χ3v) is 3.37. The Hall–Kier alpha value is -1.73. The molecule has 1 N–H and O–H groups in total. The predicted octanol–water partition coefficient (Wildman–Crippen LogP) is 1.18. The van der Waals surface area contributed by atoms with Crippen LogP contribution in [0.4, 0.5) is 0 Å². The highest BCUT2D eigenvalue weighted by molar-refractivity contribution is 5.48. The summed E-state index contributed by atoms with van der Waals surface area (Å²) in [5, 5.41) is 11.8. The second kappa shape index (κ2) is 5.72. The highest BCUT2D eigenvalue weighted by Crippen LogP contribution is 2.22. The first-order chi connectivity index (χ1) is 9.81. The lowest BCUT2D eigenvalue weighted by molar-refractivity contribution is 0.0208. The third-order valence-electron chi connectivity index (χ3n) is 3.37. The summed E-state index contributed by atoms with van der Waals surface area (Å²) in [6, 6.07) is 2.00. The molecular weight excluding hydrogens is 258 g/mol. The molecule has 20 heavy (non-hydrogen) atoms. The van der Waals surface area contributed by atoms with Crippen molar-refractivity contribution >= 4 is 0 Å². The molecule has 108 valence electrons. The number of nitrogens with zero attached hydrogens (tertiary/aromatic N) is 4. The molecule has 0 amide bonds. The summed E-state index contributed by atoms with van der Waals surface area (Å²) < 4.78 is 12.9. The lowest BCUT2D eigenvalue weighted by Crippen LogP contribution is -2.33. The molecule has 1 saturated heterocycles. The van der Waals surface area contributed by atoms with Crippen LogP contribution in [0.3, 0.4) is 0 Å². The Balaban J connectivity index is 1.87. The number of ether oxygens (including phenoxy) is 1. The first-order valence-electron chi connectivity index (χ1n) is 7.04. The van der Waals surface area contributed by atoms with Gasteiger partial charge >= 0.3 is 0 Å². The molecule has 0 aromatic carbocycles. The molecule has 7 heteroatoms. The van der Waals surface area contributed by atoms with Gasteiger partial charge in [-0.25, -0.2) is 0 Å². The van der Waals surface area contributed by atoms with Crippen molar-refractivity contribution in [3.63, 3.8) is 0 Å². The average Bonchev–Trinajstić information content (AvgIpc) is 3.14. The van der Waals surface area contributed by atoms with Gasteiger partial charge in [-0.3, -0.25) is 4.68 Å². The normalized spacial score (nSPS) is 19.4. The van der Waals surface area contributed by atoms with Gasteiger partial charge in [0.15, 0.2) is 0 Å². The van der Waals surface area contributed by atoms with Crippen LogP contribution in [0, 0.1) is 0 Å². The maximum atomic E-state index is 5.63. The van der Waals surface area contributed by atoms with Crippen LogP contribution in [-0.2, 0) is 17.7 Å². The third kappa shape index (κ3) is 2.46. The number of nitrogens with one attached hydrogen (secondary N) is 1. The highest BCUT2D eigenvalue weighted by atomic mass is 16.5. The van der Waals surface area contributed by atoms with E-state index in [9.17, 15) is 0 Å². The second-order valence-electron chi connectivity index (χ2n) is 4.71. The van der Waals surface area contributed by atoms with Crippen LogP contribution in [0.15, 0.2) is 10.6 Å². The topological polar surface area (TPSA) is 78.0 Å². The van der Waals surface area contributed by atoms with Crippen molar-refractivity contribution in [2.45, 2.75) is 32.9 Å². The summed E-state index contributed by atoms with van der Waals surface area (Å²) in [5.41, 5.74) is 1.89. The summed E-state index contributed by atoms with van der Waals surface area (Å²) in [6.07, 6.45) is 0.751. The van der Waals surface area contributed by atoms with Gasteiger partial charge in [0.25, 0.3) is 5.89 Å². The molecule has 3 rings (SSSR count). The van der Waals surface area contributed by atoms with Crippen LogP contribution in [0.25, 0.3) is 11.6 Å². The first-order valence-corrected chi connectivity index (χ1v) is 7.04. The van der Waals surface area contributed by atoms with Crippen LogP contribution in [0.1, 0.15) is 31.5 Å². The standard InChI is InChI=1S/C13H19N5O2/c1-3-9-7-10(18(4-2)16-9)13-15-12(17-20-13)11-8-14-5-6-19-11/h7,11,14H,3-6,8H2,1-2H3. The summed E-state index contributed by atoms with van der Waals surface area (Å²) in [6.45, 7) is 7.14. The van der Waals surface area contributed by atoms with E-state index in [1.54, 1.807) is 0 Å². The van der Waals surface area contributed by atoms with Crippen molar-refractivity contribution in [2.24, 2.45) is 0 Å². The fraction of sp³-hybridized carbons (Fsp3) is 0.615. The molecule has 1 fully saturated rings. The minimum Gasteiger partial charge on any atom is -0.367 e. The summed E-state index contributed by atoms with van der Waals surface area (Å²) >= 11 is 0. The largest absolute Gasteiger partial charge is 0.367 e. The molecule has 1 aliphatic heterocycles. The number of hydrogen-bond donors (Lipinski definition) is 1. The Morgan fingerprint density at radius 3 is 3.05 bits per heavy atom. The fourth-order valence-electron chi connectivity index (χ4n) is 2.26. The van der Waals surface area contributed by atoms with Crippen LogP contribution in [-0.4, -0.2) is 39.6 Å². The molecule has 0 saturated carbocycles. The van der Waals surface area contributed by atoms with Gasteiger partial charge in [0.2, 0.25) is 5.82 Å². The van der Waals surface area contributed by atoms with Gasteiger partial charge in [0.05, 0.1) is 12.3 Å². The summed E-state index contributed by atoms with van der Waals surface area (Å²) in [7, 11) is 0. The van der Waals surface area contributed by atoms with Gasteiger partial charge < -0.3 is 14.6 Å². The van der Waals surface area contributed by atoms with Gasteiger partial charge in [0, 0.05) is 19.6 Å². The van der Waals surface area contributed by atoms with Crippen LogP contribution >= 0.6 is 0 Å². The lowest BCUT2D eigenvalue weighted by Gasteiger charge is -2.20. The van der Waals surface area contributed by atoms with E-state index in [1.165, 1.54) is 0 Å². The van der Waals surface area contributed by atoms with E-state index in [1.807, 2.05) is 17.7 Å². The van der Waals surface area contributed by atoms with Gasteiger partial charge in [0.1, 0.15) is 11.8 Å². The Morgan fingerprint density at radius 2 is 2.35 bits per heavy atom. The van der Waals surface area contributed by atoms with Crippen LogP contribution in [0.5, 0.6) is 0 Å². The van der Waals surface area contributed by atoms with E-state index in [0.717, 1.165) is 30.9 Å². The van der Waals surface area contributed by atoms with E-state index >= 15 is 0 Å². The van der Waals surface area contributed by atoms with Crippen molar-refractivity contribution in [3.8, 4) is 11.6 Å². The maximum absolute atomic E-state index is 5.63. The van der Waals surface area contributed by atoms with Gasteiger partial charge in [-0.2, -0.15) is 10.1 Å². The van der Waals surface area contributed by atoms with Crippen molar-refractivity contribution in [1.29, 1.82) is 0 Å². The second-order valence-corrected chi connectivity index (χ2v) is 4.71. The van der Waals surface area contributed by atoms with Crippen molar-refractivity contribution in [2.75, 3.05) is 19.7 Å². The number of aromatic nitrogens is 4.